The number of nitrogens with zero attached hydrogens (tertiary/aromatic N) is 1. The Kier molecular flexibility index (Phi) is 3.54. The van der Waals surface area contributed by atoms with Gasteiger partial charge in [0.1, 0.15) is 6.04 Å². The third-order valence-corrected chi connectivity index (χ3v) is 4.17. The van der Waals surface area contributed by atoms with Crippen LogP contribution >= 0.6 is 0 Å². The van der Waals surface area contributed by atoms with Gasteiger partial charge in [0.15, 0.2) is 0 Å². The van der Waals surface area contributed by atoms with Crippen molar-refractivity contribution < 1.29 is 0 Å². The molecule has 20 heavy (non-hydrogen) atoms. The van der Waals surface area contributed by atoms with E-state index in [1.165, 1.54) is 16.7 Å². The van der Waals surface area contributed by atoms with Crippen molar-refractivity contribution in [2.75, 3.05) is 0 Å². The lowest BCUT2D eigenvalue weighted by Gasteiger charge is -2.42. The molecule has 0 radical (unpaired) electrons. The quantitative estimate of drug-likeness (QED) is 0.915. The molecule has 2 aromatic rings. The summed E-state index contributed by atoms with van der Waals surface area (Å²) in [6.45, 7) is 2.16. The lowest BCUT2D eigenvalue weighted by molar-refractivity contribution is 0.250. The van der Waals surface area contributed by atoms with Crippen LogP contribution < -0.4 is 5.32 Å². The van der Waals surface area contributed by atoms with Crippen molar-refractivity contribution in [2.24, 2.45) is 0 Å². The first kappa shape index (κ1) is 12.9. The van der Waals surface area contributed by atoms with Crippen LogP contribution in [0.3, 0.4) is 0 Å². The lowest BCUT2D eigenvalue weighted by atomic mass is 9.77. The number of hydrogen-bond acceptors (Lipinski definition) is 2. The van der Waals surface area contributed by atoms with Gasteiger partial charge >= 0.3 is 0 Å². The fourth-order valence-corrected chi connectivity index (χ4v) is 2.99. The van der Waals surface area contributed by atoms with E-state index in [2.05, 4.69) is 66.8 Å². The molecule has 2 nitrogen and oxygen atoms in total. The molecule has 100 valence electrons. The molecule has 3 rings (SSSR count). The van der Waals surface area contributed by atoms with Gasteiger partial charge in [-0.15, -0.1) is 0 Å². The third-order valence-electron chi connectivity index (χ3n) is 4.17. The van der Waals surface area contributed by atoms with Crippen molar-refractivity contribution in [1.82, 2.24) is 5.32 Å². The second-order valence-corrected chi connectivity index (χ2v) is 5.30. The summed E-state index contributed by atoms with van der Waals surface area (Å²) in [5.74, 6) is 0.329. The summed E-state index contributed by atoms with van der Waals surface area (Å²) in [5, 5.41) is 12.5. The summed E-state index contributed by atoms with van der Waals surface area (Å²) in [7, 11) is 0. The molecule has 2 unspecified atom stereocenters. The molecule has 0 aromatic heterocycles. The van der Waals surface area contributed by atoms with Gasteiger partial charge in [0.25, 0.3) is 0 Å². The number of nitriles is 1. The highest BCUT2D eigenvalue weighted by Crippen LogP contribution is 2.34. The van der Waals surface area contributed by atoms with E-state index in [9.17, 15) is 0 Å². The number of hydrogen-bond donors (Lipinski definition) is 1. The minimum atomic E-state index is -0.0393. The van der Waals surface area contributed by atoms with E-state index >= 15 is 0 Å². The van der Waals surface area contributed by atoms with Gasteiger partial charge in [-0.05, 0) is 23.1 Å². The second-order valence-electron chi connectivity index (χ2n) is 5.30. The maximum Gasteiger partial charge on any atom is 0.104 e. The van der Waals surface area contributed by atoms with Crippen molar-refractivity contribution >= 4 is 0 Å². The van der Waals surface area contributed by atoms with E-state index in [-0.39, 0.29) is 6.04 Å². The zero-order valence-electron chi connectivity index (χ0n) is 11.6. The van der Waals surface area contributed by atoms with E-state index in [1.807, 2.05) is 6.07 Å². The standard InChI is InChI=1S/C18H18N2/c1-2-16-18(17(12-19)20-16)15-10-8-14(9-11-15)13-6-4-3-5-7-13/h3-11,16-18,20H,2H2,1H3/t16?,17?,18-/m0/s1. The van der Waals surface area contributed by atoms with Crippen molar-refractivity contribution in [2.45, 2.75) is 31.3 Å². The van der Waals surface area contributed by atoms with E-state index in [0.29, 0.717) is 12.0 Å². The van der Waals surface area contributed by atoms with Gasteiger partial charge in [-0.1, -0.05) is 61.5 Å². The largest absolute Gasteiger partial charge is 0.298 e. The van der Waals surface area contributed by atoms with Gasteiger partial charge in [-0.25, -0.2) is 0 Å². The van der Waals surface area contributed by atoms with E-state index < -0.39 is 0 Å². The van der Waals surface area contributed by atoms with Gasteiger partial charge in [-0.2, -0.15) is 5.26 Å². The molecule has 1 aliphatic heterocycles. The van der Waals surface area contributed by atoms with Gasteiger partial charge in [0.05, 0.1) is 6.07 Å². The maximum absolute atomic E-state index is 9.15. The average Bonchev–Trinajstić information content (AvgIpc) is 2.49. The zero-order valence-corrected chi connectivity index (χ0v) is 11.6. The topological polar surface area (TPSA) is 35.8 Å². The van der Waals surface area contributed by atoms with Crippen molar-refractivity contribution in [1.29, 1.82) is 5.26 Å². The Bertz CT molecular complexity index is 610. The Morgan fingerprint density at radius 3 is 2.25 bits per heavy atom. The second kappa shape index (κ2) is 5.48. The predicted molar refractivity (Wildman–Crippen MR) is 81.2 cm³/mol. The van der Waals surface area contributed by atoms with Crippen molar-refractivity contribution in [3.8, 4) is 17.2 Å². The Labute approximate surface area is 120 Å². The first-order valence-electron chi connectivity index (χ1n) is 7.14. The van der Waals surface area contributed by atoms with Crippen LogP contribution in [0.25, 0.3) is 11.1 Å². The molecule has 1 aliphatic rings. The Morgan fingerprint density at radius 2 is 1.65 bits per heavy atom. The summed E-state index contributed by atoms with van der Waals surface area (Å²) in [6, 6.07) is 21.8. The summed E-state index contributed by atoms with van der Waals surface area (Å²) in [4.78, 5) is 0. The molecule has 0 spiro atoms. The first-order valence-corrected chi connectivity index (χ1v) is 7.14. The van der Waals surface area contributed by atoms with Crippen LogP contribution in [0.1, 0.15) is 24.8 Å². The van der Waals surface area contributed by atoms with Gasteiger partial charge in [0.2, 0.25) is 0 Å². The van der Waals surface area contributed by atoms with Crippen LogP contribution in [-0.2, 0) is 0 Å². The third kappa shape index (κ3) is 2.21. The van der Waals surface area contributed by atoms with Crippen LogP contribution in [0.5, 0.6) is 0 Å². The highest BCUT2D eigenvalue weighted by atomic mass is 15.1. The van der Waals surface area contributed by atoms with Crippen LogP contribution in [-0.4, -0.2) is 12.1 Å². The van der Waals surface area contributed by atoms with Crippen LogP contribution in [0.15, 0.2) is 54.6 Å². The van der Waals surface area contributed by atoms with E-state index in [1.54, 1.807) is 0 Å². The molecule has 0 amide bonds. The Balaban J connectivity index is 1.85. The molecule has 1 N–H and O–H groups in total. The molecule has 3 atom stereocenters. The molecular formula is C18H18N2. The molecule has 2 heteroatoms. The molecule has 0 bridgehead atoms. The minimum Gasteiger partial charge on any atom is -0.298 e. The van der Waals surface area contributed by atoms with Gasteiger partial charge < -0.3 is 0 Å². The summed E-state index contributed by atoms with van der Waals surface area (Å²) >= 11 is 0. The van der Waals surface area contributed by atoms with Gasteiger partial charge in [0, 0.05) is 12.0 Å². The van der Waals surface area contributed by atoms with Crippen molar-refractivity contribution in [3.63, 3.8) is 0 Å². The number of nitrogens with one attached hydrogen (secondary N) is 1. The summed E-state index contributed by atoms with van der Waals surface area (Å²) in [5.41, 5.74) is 3.72. The molecular weight excluding hydrogens is 244 g/mol. The number of rotatable bonds is 3. The average molecular weight is 262 g/mol. The highest BCUT2D eigenvalue weighted by molar-refractivity contribution is 5.63. The Hall–Kier alpha value is -2.11. The monoisotopic (exact) mass is 262 g/mol. The van der Waals surface area contributed by atoms with Crippen molar-refractivity contribution in [3.05, 3.63) is 60.2 Å². The SMILES string of the molecule is CCC1NC(C#N)[C@H]1c1ccc(-c2ccccc2)cc1. The van der Waals surface area contributed by atoms with Crippen LogP contribution in [0.4, 0.5) is 0 Å². The van der Waals surface area contributed by atoms with E-state index in [0.717, 1.165) is 6.42 Å². The summed E-state index contributed by atoms with van der Waals surface area (Å²) < 4.78 is 0. The van der Waals surface area contributed by atoms with E-state index in [4.69, 9.17) is 5.26 Å². The Morgan fingerprint density at radius 1 is 1.00 bits per heavy atom. The normalized spacial score (nSPS) is 24.7. The van der Waals surface area contributed by atoms with Crippen LogP contribution in [0.2, 0.25) is 0 Å². The molecule has 2 aromatic carbocycles. The zero-order chi connectivity index (χ0) is 13.9. The fourth-order valence-electron chi connectivity index (χ4n) is 2.99. The smallest absolute Gasteiger partial charge is 0.104 e. The van der Waals surface area contributed by atoms with Crippen LogP contribution in [0, 0.1) is 11.3 Å². The molecule has 0 aliphatic carbocycles. The molecule has 1 heterocycles. The first-order chi connectivity index (χ1) is 9.83. The maximum atomic E-state index is 9.15. The van der Waals surface area contributed by atoms with Gasteiger partial charge in [-0.3, -0.25) is 5.32 Å². The summed E-state index contributed by atoms with van der Waals surface area (Å²) in [6.07, 6.45) is 1.06. The lowest BCUT2D eigenvalue weighted by Crippen LogP contribution is -2.58. The number of benzene rings is 2. The molecule has 1 fully saturated rings. The fraction of sp³-hybridized carbons (Fsp3) is 0.278. The molecule has 1 saturated heterocycles. The molecule has 0 saturated carbocycles. The minimum absolute atomic E-state index is 0.0393. The predicted octanol–water partition coefficient (Wildman–Crippen LogP) is 3.71. The highest BCUT2D eigenvalue weighted by Gasteiger charge is 2.40.